The molecule has 0 aliphatic rings. The standard InChI is InChI=1S/C23H15Br2ClN4O4/c1-13-28-20-7-4-16(24)10-18(20)23(31)29(13)27-11-15-8-19(25)22(21(9-15)30(32)33)34-12-14-2-5-17(26)6-3-14/h2-11H,12H2,1H3. The minimum absolute atomic E-state index is 0.0858. The average molecular weight is 607 g/mol. The Balaban J connectivity index is 1.67. The van der Waals surface area contributed by atoms with Gasteiger partial charge in [-0.2, -0.15) is 9.78 Å². The van der Waals surface area contributed by atoms with E-state index in [4.69, 9.17) is 16.3 Å². The Hall–Kier alpha value is -3.08. The molecular formula is C23H15Br2ClN4O4. The summed E-state index contributed by atoms with van der Waals surface area (Å²) in [6, 6.07) is 15.2. The van der Waals surface area contributed by atoms with Gasteiger partial charge in [-0.3, -0.25) is 14.9 Å². The Kier molecular flexibility index (Phi) is 7.11. The lowest BCUT2D eigenvalue weighted by Crippen LogP contribution is -2.20. The van der Waals surface area contributed by atoms with Crippen molar-refractivity contribution >= 4 is 66.3 Å². The molecule has 0 amide bonds. The van der Waals surface area contributed by atoms with Gasteiger partial charge in [-0.25, -0.2) is 4.98 Å². The topological polar surface area (TPSA) is 99.6 Å². The smallest absolute Gasteiger partial charge is 0.312 e. The summed E-state index contributed by atoms with van der Waals surface area (Å²) in [6.45, 7) is 1.78. The number of nitro benzene ring substituents is 1. The lowest BCUT2D eigenvalue weighted by Gasteiger charge is -2.10. The Bertz CT molecular complexity index is 1500. The Labute approximate surface area is 215 Å². The molecule has 0 radical (unpaired) electrons. The van der Waals surface area contributed by atoms with Crippen molar-refractivity contribution in [2.24, 2.45) is 5.10 Å². The fourth-order valence-corrected chi connectivity index (χ4v) is 4.28. The minimum atomic E-state index is -0.536. The molecule has 0 aliphatic heterocycles. The fraction of sp³-hybridized carbons (Fsp3) is 0.0870. The van der Waals surface area contributed by atoms with E-state index in [9.17, 15) is 14.9 Å². The SMILES string of the molecule is Cc1nc2ccc(Br)cc2c(=O)n1N=Cc1cc(Br)c(OCc2ccc(Cl)cc2)c([N+](=O)[O-])c1. The van der Waals surface area contributed by atoms with E-state index in [0.717, 1.165) is 14.7 Å². The molecule has 1 heterocycles. The van der Waals surface area contributed by atoms with Crippen molar-refractivity contribution in [2.75, 3.05) is 0 Å². The van der Waals surface area contributed by atoms with E-state index in [0.29, 0.717) is 31.8 Å². The number of nitro groups is 1. The molecule has 0 bridgehead atoms. The lowest BCUT2D eigenvalue weighted by molar-refractivity contribution is -0.386. The number of nitrogens with zero attached hydrogens (tertiary/aromatic N) is 4. The molecule has 3 aromatic carbocycles. The maximum Gasteiger partial charge on any atom is 0.312 e. The van der Waals surface area contributed by atoms with E-state index in [-0.39, 0.29) is 23.6 Å². The molecule has 0 unspecified atom stereocenters. The van der Waals surface area contributed by atoms with Crippen LogP contribution in [0.3, 0.4) is 0 Å². The summed E-state index contributed by atoms with van der Waals surface area (Å²) in [5.41, 5.74) is 1.17. The first-order valence-electron chi connectivity index (χ1n) is 9.81. The maximum absolute atomic E-state index is 12.9. The van der Waals surface area contributed by atoms with Crippen molar-refractivity contribution in [1.29, 1.82) is 0 Å². The first-order valence-corrected chi connectivity index (χ1v) is 11.8. The molecule has 0 spiro atoms. The van der Waals surface area contributed by atoms with E-state index in [1.54, 1.807) is 55.5 Å². The van der Waals surface area contributed by atoms with E-state index in [2.05, 4.69) is 41.9 Å². The second kappa shape index (κ2) is 10.0. The van der Waals surface area contributed by atoms with Gasteiger partial charge in [0.1, 0.15) is 12.4 Å². The quantitative estimate of drug-likeness (QED) is 0.147. The molecule has 4 rings (SSSR count). The number of hydrogen-bond donors (Lipinski definition) is 0. The van der Waals surface area contributed by atoms with Crippen LogP contribution in [-0.2, 0) is 6.61 Å². The van der Waals surface area contributed by atoms with Crippen molar-refractivity contribution in [1.82, 2.24) is 9.66 Å². The molecule has 0 aliphatic carbocycles. The summed E-state index contributed by atoms with van der Waals surface area (Å²) in [7, 11) is 0. The molecule has 8 nitrogen and oxygen atoms in total. The average Bonchev–Trinajstić information content (AvgIpc) is 2.79. The molecule has 0 atom stereocenters. The minimum Gasteiger partial charge on any atom is -0.481 e. The normalized spacial score (nSPS) is 11.3. The summed E-state index contributed by atoms with van der Waals surface area (Å²) in [4.78, 5) is 28.5. The summed E-state index contributed by atoms with van der Waals surface area (Å²) in [5.74, 6) is 0.468. The molecule has 0 fully saturated rings. The van der Waals surface area contributed by atoms with Crippen LogP contribution in [0.1, 0.15) is 17.0 Å². The molecule has 0 N–H and O–H groups in total. The highest BCUT2D eigenvalue weighted by Crippen LogP contribution is 2.36. The van der Waals surface area contributed by atoms with Crippen LogP contribution < -0.4 is 10.3 Å². The van der Waals surface area contributed by atoms with Gasteiger partial charge in [0.05, 0.1) is 26.5 Å². The Morgan fingerprint density at radius 1 is 1.18 bits per heavy atom. The molecule has 4 aromatic rings. The second-order valence-electron chi connectivity index (χ2n) is 7.21. The fourth-order valence-electron chi connectivity index (χ4n) is 3.21. The second-order valence-corrected chi connectivity index (χ2v) is 9.41. The number of benzene rings is 3. The number of aromatic nitrogens is 2. The van der Waals surface area contributed by atoms with Crippen LogP contribution in [0.15, 0.2) is 73.4 Å². The Morgan fingerprint density at radius 3 is 2.62 bits per heavy atom. The highest BCUT2D eigenvalue weighted by Gasteiger charge is 2.20. The van der Waals surface area contributed by atoms with Crippen molar-refractivity contribution in [2.45, 2.75) is 13.5 Å². The summed E-state index contributed by atoms with van der Waals surface area (Å²) in [5, 5.41) is 16.9. The van der Waals surface area contributed by atoms with Gasteiger partial charge < -0.3 is 4.74 Å². The van der Waals surface area contributed by atoms with Crippen LogP contribution in [0, 0.1) is 17.0 Å². The number of halogens is 3. The van der Waals surface area contributed by atoms with E-state index >= 15 is 0 Å². The van der Waals surface area contributed by atoms with Crippen LogP contribution >= 0.6 is 43.5 Å². The first kappa shape index (κ1) is 24.1. The highest BCUT2D eigenvalue weighted by atomic mass is 79.9. The first-order chi connectivity index (χ1) is 16.2. The van der Waals surface area contributed by atoms with Gasteiger partial charge in [0.15, 0.2) is 0 Å². The summed E-state index contributed by atoms with van der Waals surface area (Å²) in [6.07, 6.45) is 1.36. The predicted octanol–water partition coefficient (Wildman–Crippen LogP) is 6.25. The number of hydrogen-bond acceptors (Lipinski definition) is 6. The third-order valence-electron chi connectivity index (χ3n) is 4.83. The largest absolute Gasteiger partial charge is 0.481 e. The van der Waals surface area contributed by atoms with Crippen LogP contribution in [0.4, 0.5) is 5.69 Å². The van der Waals surface area contributed by atoms with Crippen molar-refractivity contribution in [3.8, 4) is 5.75 Å². The van der Waals surface area contributed by atoms with Crippen LogP contribution in [0.5, 0.6) is 5.75 Å². The van der Waals surface area contributed by atoms with Gasteiger partial charge in [-0.05, 0) is 64.8 Å². The van der Waals surface area contributed by atoms with Gasteiger partial charge >= 0.3 is 5.69 Å². The van der Waals surface area contributed by atoms with E-state index < -0.39 is 4.92 Å². The monoisotopic (exact) mass is 604 g/mol. The summed E-state index contributed by atoms with van der Waals surface area (Å²) >= 11 is 12.6. The van der Waals surface area contributed by atoms with Crippen molar-refractivity contribution in [3.05, 3.63) is 106 Å². The number of rotatable bonds is 6. The lowest BCUT2D eigenvalue weighted by atomic mass is 10.2. The highest BCUT2D eigenvalue weighted by molar-refractivity contribution is 9.10. The number of aryl methyl sites for hydroxylation is 1. The molecule has 34 heavy (non-hydrogen) atoms. The molecule has 1 aromatic heterocycles. The molecule has 0 saturated carbocycles. The van der Waals surface area contributed by atoms with Crippen LogP contribution in [0.2, 0.25) is 5.02 Å². The zero-order chi connectivity index (χ0) is 24.4. The molecular weight excluding hydrogens is 592 g/mol. The van der Waals surface area contributed by atoms with E-state index in [1.165, 1.54) is 12.3 Å². The van der Waals surface area contributed by atoms with Gasteiger partial charge in [-0.15, -0.1) is 0 Å². The zero-order valence-electron chi connectivity index (χ0n) is 17.5. The number of fused-ring (bicyclic) bond motifs is 1. The van der Waals surface area contributed by atoms with E-state index in [1.807, 2.05) is 0 Å². The zero-order valence-corrected chi connectivity index (χ0v) is 21.5. The number of ether oxygens (including phenoxy) is 1. The predicted molar refractivity (Wildman–Crippen MR) is 138 cm³/mol. The summed E-state index contributed by atoms with van der Waals surface area (Å²) < 4.78 is 8.00. The Morgan fingerprint density at radius 2 is 1.91 bits per heavy atom. The van der Waals surface area contributed by atoms with Gasteiger partial charge in [0.25, 0.3) is 5.56 Å². The maximum atomic E-state index is 12.9. The van der Waals surface area contributed by atoms with Gasteiger partial charge in [-0.1, -0.05) is 39.7 Å². The van der Waals surface area contributed by atoms with Crippen molar-refractivity contribution in [3.63, 3.8) is 0 Å². The van der Waals surface area contributed by atoms with Crippen LogP contribution in [0.25, 0.3) is 10.9 Å². The van der Waals surface area contributed by atoms with Crippen LogP contribution in [-0.4, -0.2) is 20.8 Å². The van der Waals surface area contributed by atoms with Crippen molar-refractivity contribution < 1.29 is 9.66 Å². The third kappa shape index (κ3) is 5.19. The molecule has 11 heteroatoms. The molecule has 0 saturated heterocycles. The third-order valence-corrected chi connectivity index (χ3v) is 6.17. The van der Waals surface area contributed by atoms with Gasteiger partial charge in [0, 0.05) is 21.1 Å². The van der Waals surface area contributed by atoms with Gasteiger partial charge in [0.2, 0.25) is 5.75 Å². The molecule has 172 valence electrons.